The number of nitro benzene ring substituents is 1. The number of rotatable bonds is 5. The molecule has 0 spiro atoms. The molecule has 0 saturated carbocycles. The minimum absolute atomic E-state index is 0.0921. The van der Waals surface area contributed by atoms with E-state index in [-0.39, 0.29) is 11.3 Å². The highest BCUT2D eigenvalue weighted by molar-refractivity contribution is 5.99. The summed E-state index contributed by atoms with van der Waals surface area (Å²) in [6, 6.07) is 6.96. The third-order valence-electron chi connectivity index (χ3n) is 3.47. The van der Waals surface area contributed by atoms with Gasteiger partial charge < -0.3 is 10.1 Å². The first-order chi connectivity index (χ1) is 12.5. The minimum atomic E-state index is -0.713. The number of anilines is 1. The minimum Gasteiger partial charge on any atom is -0.452 e. The van der Waals surface area contributed by atoms with Crippen molar-refractivity contribution in [1.82, 2.24) is 14.6 Å². The van der Waals surface area contributed by atoms with Crippen LogP contribution >= 0.6 is 0 Å². The molecule has 10 heteroatoms. The second-order valence-corrected chi connectivity index (χ2v) is 5.28. The van der Waals surface area contributed by atoms with E-state index in [1.807, 2.05) is 0 Å². The maximum atomic E-state index is 12.2. The molecular weight excluding hydrogens is 342 g/mol. The molecule has 2 heterocycles. The second-order valence-electron chi connectivity index (χ2n) is 5.28. The molecule has 1 N–H and O–H groups in total. The largest absolute Gasteiger partial charge is 0.452 e. The van der Waals surface area contributed by atoms with Crippen molar-refractivity contribution >= 4 is 28.9 Å². The summed E-state index contributed by atoms with van der Waals surface area (Å²) in [6.45, 7) is 1.13. The van der Waals surface area contributed by atoms with Gasteiger partial charge in [0.2, 0.25) is 0 Å². The van der Waals surface area contributed by atoms with Gasteiger partial charge in [0.15, 0.2) is 12.3 Å². The SMILES string of the molecule is Cc1nn2cccnc2c1C(=O)OCC(=O)Nc1ccc([N+](=O)[O-])cc1. The summed E-state index contributed by atoms with van der Waals surface area (Å²) >= 11 is 0. The van der Waals surface area contributed by atoms with E-state index in [1.54, 1.807) is 19.2 Å². The van der Waals surface area contributed by atoms with Gasteiger partial charge in [0.25, 0.3) is 11.6 Å². The smallest absolute Gasteiger partial charge is 0.344 e. The van der Waals surface area contributed by atoms with Crippen LogP contribution in [0.5, 0.6) is 0 Å². The van der Waals surface area contributed by atoms with E-state index in [0.29, 0.717) is 17.0 Å². The number of esters is 1. The maximum absolute atomic E-state index is 12.2. The summed E-state index contributed by atoms with van der Waals surface area (Å²) in [4.78, 5) is 38.3. The number of carbonyl (C=O) groups is 2. The highest BCUT2D eigenvalue weighted by Gasteiger charge is 2.20. The van der Waals surface area contributed by atoms with Gasteiger partial charge >= 0.3 is 5.97 Å². The Bertz CT molecular complexity index is 996. The number of nitrogens with one attached hydrogen (secondary N) is 1. The van der Waals surface area contributed by atoms with Gasteiger partial charge in [-0.1, -0.05) is 0 Å². The number of nitro groups is 1. The lowest BCUT2D eigenvalue weighted by Crippen LogP contribution is -2.21. The first-order valence-corrected chi connectivity index (χ1v) is 7.47. The molecule has 26 heavy (non-hydrogen) atoms. The van der Waals surface area contributed by atoms with E-state index in [2.05, 4.69) is 15.4 Å². The average molecular weight is 355 g/mol. The zero-order valence-corrected chi connectivity index (χ0v) is 13.6. The fourth-order valence-electron chi connectivity index (χ4n) is 2.30. The quantitative estimate of drug-likeness (QED) is 0.419. The van der Waals surface area contributed by atoms with Crippen molar-refractivity contribution < 1.29 is 19.2 Å². The van der Waals surface area contributed by atoms with Crippen LogP contribution in [0.15, 0.2) is 42.7 Å². The number of hydrogen-bond acceptors (Lipinski definition) is 7. The first-order valence-electron chi connectivity index (χ1n) is 7.47. The van der Waals surface area contributed by atoms with Gasteiger partial charge in [-0.05, 0) is 25.1 Å². The van der Waals surface area contributed by atoms with Gasteiger partial charge in [0, 0.05) is 30.2 Å². The highest BCUT2D eigenvalue weighted by atomic mass is 16.6. The zero-order valence-electron chi connectivity index (χ0n) is 13.6. The summed E-state index contributed by atoms with van der Waals surface area (Å²) in [5.41, 5.74) is 1.22. The molecule has 0 saturated heterocycles. The van der Waals surface area contributed by atoms with Crippen LogP contribution in [0.4, 0.5) is 11.4 Å². The molecule has 0 radical (unpaired) electrons. The number of benzene rings is 1. The Kier molecular flexibility index (Phi) is 4.56. The Hall–Kier alpha value is -3.82. The molecule has 0 atom stereocenters. The zero-order chi connectivity index (χ0) is 18.7. The molecule has 3 rings (SSSR count). The number of carbonyl (C=O) groups excluding carboxylic acids is 2. The number of hydrogen-bond donors (Lipinski definition) is 1. The van der Waals surface area contributed by atoms with Crippen LogP contribution < -0.4 is 5.32 Å². The Morgan fingerprint density at radius 2 is 2.04 bits per heavy atom. The molecule has 0 aliphatic heterocycles. The Morgan fingerprint density at radius 3 is 2.73 bits per heavy atom. The standard InChI is InChI=1S/C16H13N5O5/c1-10-14(15-17-7-2-8-20(15)19-10)16(23)26-9-13(22)18-11-3-5-12(6-4-11)21(24)25/h2-8H,9H2,1H3,(H,18,22). The van der Waals surface area contributed by atoms with Crippen molar-refractivity contribution in [1.29, 1.82) is 0 Å². The van der Waals surface area contributed by atoms with Gasteiger partial charge in [0.05, 0.1) is 10.6 Å². The molecule has 132 valence electrons. The van der Waals surface area contributed by atoms with Crippen molar-refractivity contribution in [2.75, 3.05) is 11.9 Å². The number of aryl methyl sites for hydroxylation is 1. The van der Waals surface area contributed by atoms with Crippen molar-refractivity contribution in [2.24, 2.45) is 0 Å². The molecule has 1 amide bonds. The third kappa shape index (κ3) is 3.48. The Balaban J connectivity index is 1.62. The molecule has 0 aliphatic carbocycles. The molecule has 1 aromatic carbocycles. The van der Waals surface area contributed by atoms with E-state index < -0.39 is 23.4 Å². The summed E-state index contributed by atoms with van der Waals surface area (Å²) in [5, 5.41) is 17.2. The lowest BCUT2D eigenvalue weighted by atomic mass is 10.2. The van der Waals surface area contributed by atoms with Crippen molar-refractivity contribution in [3.05, 3.63) is 64.1 Å². The monoisotopic (exact) mass is 355 g/mol. The average Bonchev–Trinajstić information content (AvgIpc) is 2.96. The number of ether oxygens (including phenoxy) is 1. The molecule has 0 fully saturated rings. The Labute approximate surface area is 146 Å². The molecular formula is C16H13N5O5. The lowest BCUT2D eigenvalue weighted by molar-refractivity contribution is -0.384. The van der Waals surface area contributed by atoms with Gasteiger partial charge in [-0.15, -0.1) is 0 Å². The van der Waals surface area contributed by atoms with Crippen molar-refractivity contribution in [2.45, 2.75) is 6.92 Å². The number of fused-ring (bicyclic) bond motifs is 1. The van der Waals surface area contributed by atoms with E-state index in [1.165, 1.54) is 35.0 Å². The van der Waals surface area contributed by atoms with Crippen LogP contribution in [0.1, 0.15) is 16.1 Å². The van der Waals surface area contributed by atoms with Gasteiger partial charge in [-0.25, -0.2) is 14.3 Å². The van der Waals surface area contributed by atoms with E-state index in [9.17, 15) is 19.7 Å². The van der Waals surface area contributed by atoms with Gasteiger partial charge in [0.1, 0.15) is 5.56 Å². The van der Waals surface area contributed by atoms with Gasteiger partial charge in [-0.2, -0.15) is 5.10 Å². The van der Waals surface area contributed by atoms with E-state index in [4.69, 9.17) is 4.74 Å². The molecule has 0 unspecified atom stereocenters. The maximum Gasteiger partial charge on any atom is 0.344 e. The molecule has 0 aliphatic rings. The normalized spacial score (nSPS) is 10.5. The van der Waals surface area contributed by atoms with Crippen LogP contribution in [-0.4, -0.2) is 38.0 Å². The van der Waals surface area contributed by atoms with Crippen LogP contribution in [0.2, 0.25) is 0 Å². The van der Waals surface area contributed by atoms with Crippen molar-refractivity contribution in [3.8, 4) is 0 Å². The summed E-state index contributed by atoms with van der Waals surface area (Å²) in [6.07, 6.45) is 3.17. The summed E-state index contributed by atoms with van der Waals surface area (Å²) in [5.74, 6) is -1.29. The fourth-order valence-corrected chi connectivity index (χ4v) is 2.30. The predicted molar refractivity (Wildman–Crippen MR) is 89.7 cm³/mol. The number of aromatic nitrogens is 3. The van der Waals surface area contributed by atoms with Crippen LogP contribution in [0.25, 0.3) is 5.65 Å². The van der Waals surface area contributed by atoms with Crippen LogP contribution in [-0.2, 0) is 9.53 Å². The number of nitrogens with zero attached hydrogens (tertiary/aromatic N) is 4. The third-order valence-corrected chi connectivity index (χ3v) is 3.47. The van der Waals surface area contributed by atoms with Crippen LogP contribution in [0, 0.1) is 17.0 Å². The van der Waals surface area contributed by atoms with Crippen LogP contribution in [0.3, 0.4) is 0 Å². The molecule has 10 nitrogen and oxygen atoms in total. The predicted octanol–water partition coefficient (Wildman–Crippen LogP) is 1.74. The Morgan fingerprint density at radius 1 is 1.31 bits per heavy atom. The molecule has 3 aromatic rings. The highest BCUT2D eigenvalue weighted by Crippen LogP contribution is 2.16. The number of non-ortho nitro benzene ring substituents is 1. The number of amides is 1. The molecule has 2 aromatic heterocycles. The lowest BCUT2D eigenvalue weighted by Gasteiger charge is -2.06. The first kappa shape index (κ1) is 17.0. The van der Waals surface area contributed by atoms with Crippen molar-refractivity contribution in [3.63, 3.8) is 0 Å². The summed E-state index contributed by atoms with van der Waals surface area (Å²) < 4.78 is 6.47. The van der Waals surface area contributed by atoms with Gasteiger partial charge in [-0.3, -0.25) is 14.9 Å². The van der Waals surface area contributed by atoms with E-state index >= 15 is 0 Å². The topological polar surface area (TPSA) is 129 Å². The fraction of sp³-hybridized carbons (Fsp3) is 0.125. The second kappa shape index (κ2) is 6.97. The molecule has 0 bridgehead atoms. The summed E-state index contributed by atoms with van der Waals surface area (Å²) in [7, 11) is 0. The van der Waals surface area contributed by atoms with E-state index in [0.717, 1.165) is 0 Å².